The Morgan fingerprint density at radius 3 is 1.51 bits per heavy atom. The Morgan fingerprint density at radius 1 is 0.491 bits per heavy atom. The Morgan fingerprint density at radius 2 is 0.962 bits per heavy atom. The lowest BCUT2D eigenvalue weighted by molar-refractivity contribution is 0.0431. The Balaban J connectivity index is 0.000000125. The molecule has 12 heterocycles. The second-order valence-electron chi connectivity index (χ2n) is 27.3. The van der Waals surface area contributed by atoms with Crippen LogP contribution in [0.5, 0.6) is 0 Å². The molecule has 2 aromatic heterocycles. The summed E-state index contributed by atoms with van der Waals surface area (Å²) in [5.41, 5.74) is 30.4. The second-order valence-corrected chi connectivity index (χ2v) is 27.3. The highest BCUT2D eigenvalue weighted by Gasteiger charge is 2.42. The number of carbonyl (C=O) groups is 3. The van der Waals surface area contributed by atoms with Gasteiger partial charge >= 0.3 is 18.1 Å². The lowest BCUT2D eigenvalue weighted by atomic mass is 10.1. The van der Waals surface area contributed by atoms with Crippen LogP contribution >= 0.6 is 0 Å². The zero-order chi connectivity index (χ0) is 73.8. The minimum atomic E-state index is -0.215. The van der Waals surface area contributed by atoms with E-state index in [1.165, 1.54) is 19.8 Å². The number of fused-ring (bicyclic) bond motifs is 4. The molecule has 6 amide bonds. The summed E-state index contributed by atoms with van der Waals surface area (Å²) in [7, 11) is 0. The SMILES string of the molecule is N#Cc1ccccc1CN1C(=O)N2C=CC=NN2C=C1N1CCC[C@@H](N)C1.N#Cc1ccccc1CN1C(=O)N2C=CN=CN2C=C1N1CCC[C@@H](N)C1.N#Cc1ccccc1CN1C(=O)N2CCCC2N=C1N1CCC[C@@H](N)C1.N#Cc1ccccc1Cn1c(N2CCC[C@@H](N)C2)nn2nccc2c1=O. The smallest absolute Gasteiger partial charge is 0.350 e. The van der Waals surface area contributed by atoms with Crippen molar-refractivity contribution in [3.63, 3.8) is 0 Å². The molecule has 31 heteroatoms. The number of amides is 6. The molecular weight excluding hydrogens is 1340 g/mol. The molecule has 6 aromatic rings. The van der Waals surface area contributed by atoms with Gasteiger partial charge in [-0.1, -0.05) is 72.8 Å². The third-order valence-corrected chi connectivity index (χ3v) is 20.0. The number of anilines is 1. The van der Waals surface area contributed by atoms with Gasteiger partial charge in [0, 0.05) is 95.5 Å². The maximum Gasteiger partial charge on any atom is 0.350 e. The number of nitrogens with zero attached hydrogens (tertiary/aromatic N) is 23. The molecule has 5 fully saturated rings. The topological polar surface area (TPSA) is 379 Å². The van der Waals surface area contributed by atoms with Crippen LogP contribution < -0.4 is 33.4 Å². The molecule has 1 unspecified atom stereocenters. The normalized spacial score (nSPS) is 21.7. The van der Waals surface area contributed by atoms with Crippen LogP contribution in [0.1, 0.15) is 109 Å². The van der Waals surface area contributed by atoms with Crippen LogP contribution in [-0.2, 0) is 26.2 Å². The van der Waals surface area contributed by atoms with Gasteiger partial charge < -0.3 is 47.4 Å². The minimum absolute atomic E-state index is 0.00983. The predicted octanol–water partition coefficient (Wildman–Crippen LogP) is 5.93. The second kappa shape index (κ2) is 32.9. The van der Waals surface area contributed by atoms with Crippen molar-refractivity contribution in [3.8, 4) is 24.3 Å². The van der Waals surface area contributed by atoms with E-state index in [9.17, 15) is 40.2 Å². The first-order valence-electron chi connectivity index (χ1n) is 35.9. The number of hydrogen-bond donors (Lipinski definition) is 4. The molecule has 0 saturated carbocycles. The minimum Gasteiger partial charge on any atom is -0.355 e. The van der Waals surface area contributed by atoms with Crippen molar-refractivity contribution in [2.24, 2.45) is 38.0 Å². The van der Waals surface area contributed by atoms with Crippen molar-refractivity contribution in [2.75, 3.05) is 63.8 Å². The molecule has 4 aromatic carbocycles. The maximum atomic E-state index is 13.2. The van der Waals surface area contributed by atoms with Gasteiger partial charge in [-0.3, -0.25) is 24.1 Å². The van der Waals surface area contributed by atoms with Crippen molar-refractivity contribution in [3.05, 3.63) is 213 Å². The number of guanidine groups is 1. The van der Waals surface area contributed by atoms with Gasteiger partial charge in [-0.05, 0) is 123 Å². The van der Waals surface area contributed by atoms with Crippen LogP contribution in [0.25, 0.3) is 5.52 Å². The molecule has 8 N–H and O–H groups in total. The fraction of sp³-hybridized carbons (Fsp3) is 0.373. The summed E-state index contributed by atoms with van der Waals surface area (Å²) in [6.07, 6.45) is 24.8. The van der Waals surface area contributed by atoms with Crippen LogP contribution in [0.2, 0.25) is 0 Å². The number of carbonyl (C=O) groups excluding carboxylic acids is 3. The lowest BCUT2D eigenvalue weighted by Crippen LogP contribution is -2.59. The Kier molecular flexibility index (Phi) is 22.4. The molecule has 5 atom stereocenters. The number of aliphatic imine (C=N–C) groups is 2. The number of nitrogens with two attached hydrogens (primary N) is 4. The van der Waals surface area contributed by atoms with Gasteiger partial charge in [0.1, 0.15) is 24.1 Å². The van der Waals surface area contributed by atoms with Gasteiger partial charge in [0.05, 0.1) is 104 Å². The Hall–Kier alpha value is -12.4. The van der Waals surface area contributed by atoms with Crippen molar-refractivity contribution in [2.45, 2.75) is 121 Å². The van der Waals surface area contributed by atoms with Gasteiger partial charge in [-0.2, -0.15) is 41.4 Å². The first-order valence-corrected chi connectivity index (χ1v) is 35.9. The van der Waals surface area contributed by atoms with E-state index in [2.05, 4.69) is 59.3 Å². The molecule has 544 valence electrons. The summed E-state index contributed by atoms with van der Waals surface area (Å²) in [6, 6.07) is 39.8. The van der Waals surface area contributed by atoms with Crippen LogP contribution in [0.4, 0.5) is 20.3 Å². The van der Waals surface area contributed by atoms with Gasteiger partial charge in [-0.15, -0.1) is 9.73 Å². The zero-order valence-electron chi connectivity index (χ0n) is 58.9. The number of allylic oxidation sites excluding steroid dienone is 1. The van der Waals surface area contributed by atoms with Crippen molar-refractivity contribution in [1.29, 1.82) is 21.0 Å². The zero-order valence-corrected chi connectivity index (χ0v) is 58.9. The van der Waals surface area contributed by atoms with E-state index in [0.29, 0.717) is 73.0 Å². The number of rotatable bonds is 11. The lowest BCUT2D eigenvalue weighted by Gasteiger charge is -2.45. The van der Waals surface area contributed by atoms with E-state index in [1.807, 2.05) is 95.0 Å². The third kappa shape index (κ3) is 15.9. The number of likely N-dealkylation sites (tertiary alicyclic amines) is 3. The van der Waals surface area contributed by atoms with E-state index in [4.69, 9.17) is 27.9 Å². The van der Waals surface area contributed by atoms with E-state index in [1.54, 1.807) is 98.0 Å². The number of aromatic nitrogens is 4. The van der Waals surface area contributed by atoms with Crippen molar-refractivity contribution in [1.82, 2.24) is 73.8 Å². The average molecular weight is 1430 g/mol. The fourth-order valence-electron chi connectivity index (χ4n) is 14.6. The summed E-state index contributed by atoms with van der Waals surface area (Å²) < 4.78 is 2.98. The van der Waals surface area contributed by atoms with Crippen LogP contribution in [0.15, 0.2) is 178 Å². The summed E-state index contributed by atoms with van der Waals surface area (Å²) in [5, 5.41) is 56.7. The average Bonchev–Trinajstić information content (AvgIpc) is 1.26. The van der Waals surface area contributed by atoms with Crippen molar-refractivity contribution < 1.29 is 14.4 Å². The van der Waals surface area contributed by atoms with Crippen LogP contribution in [0, 0.1) is 45.3 Å². The van der Waals surface area contributed by atoms with Crippen molar-refractivity contribution >= 4 is 48.1 Å². The standard InChI is InChI=1S/2C19H21N7O.C19H24N6O.C18H19N7O/c20-11-15-5-1-2-6-16(15)12-24-18(23-9-3-7-17(21)13-23)14-26-22-8-4-10-25(26)19(24)27;20-10-15-4-1-2-5-16(15)11-25-18(23-8-3-6-17(21)12-23)13-24-14-22-7-9-26(24)19(25)27;20-11-14-5-1-2-6-15(14)12-25-18(23-9-3-7-16(21)13-23)22-17-8-4-10-24(17)19(25)26;19-10-13-4-1-2-5-14(13)11-24-17(26)16-7-8-21-25(16)22-18(24)23-9-3-6-15(20)12-23/h1-2,4-6,8,10,14,17H,3,7,9,12-13,21H2;1-2,4-5,7,9,13-14,17H,3,6,8,11-12,21H2;1-2,5-6,16-17H,3-4,7-10,12-13,21H2;1-2,4-5,7-8,15H,3,6,9,11-12,20H2/t2*17-;16-,17?;15-/m1111/s1. The summed E-state index contributed by atoms with van der Waals surface area (Å²) in [5.74, 6) is 2.79. The summed E-state index contributed by atoms with van der Waals surface area (Å²) in [6.45, 7) is 8.05. The van der Waals surface area contributed by atoms with Crippen LogP contribution in [0.3, 0.4) is 0 Å². The third-order valence-electron chi connectivity index (χ3n) is 20.0. The number of urea groups is 3. The molecule has 0 radical (unpaired) electrons. The molecule has 16 rings (SSSR count). The molecule has 0 bridgehead atoms. The van der Waals surface area contributed by atoms with Gasteiger partial charge in [-0.25, -0.2) is 34.4 Å². The molecule has 5 saturated heterocycles. The Bertz CT molecular complexity index is 4580. The van der Waals surface area contributed by atoms with Gasteiger partial charge in [0.2, 0.25) is 11.9 Å². The highest BCUT2D eigenvalue weighted by molar-refractivity contribution is 5.98. The van der Waals surface area contributed by atoms with Gasteiger partial charge in [0.15, 0.2) is 5.52 Å². The van der Waals surface area contributed by atoms with Crippen LogP contribution in [-0.4, -0.2) is 200 Å². The molecule has 31 nitrogen and oxygen atoms in total. The summed E-state index contributed by atoms with van der Waals surface area (Å²) >= 11 is 0. The molecule has 10 aliphatic rings. The van der Waals surface area contributed by atoms with E-state index in [0.717, 1.165) is 143 Å². The number of nitriles is 4. The fourth-order valence-corrected chi connectivity index (χ4v) is 14.6. The molecule has 106 heavy (non-hydrogen) atoms. The molecule has 10 aliphatic heterocycles. The Labute approximate surface area is 614 Å². The number of hydrazone groups is 1. The molecule has 0 aliphatic carbocycles. The van der Waals surface area contributed by atoms with E-state index < -0.39 is 0 Å². The van der Waals surface area contributed by atoms with E-state index >= 15 is 0 Å². The molecule has 0 spiro atoms. The molecular formula is C75H85N27O4. The summed E-state index contributed by atoms with van der Waals surface area (Å²) in [4.78, 5) is 77.1. The van der Waals surface area contributed by atoms with E-state index in [-0.39, 0.29) is 60.5 Å². The van der Waals surface area contributed by atoms with Gasteiger partial charge in [0.25, 0.3) is 5.56 Å². The largest absolute Gasteiger partial charge is 0.355 e. The first kappa shape index (κ1) is 72.0. The monoisotopic (exact) mass is 1430 g/mol. The maximum absolute atomic E-state index is 13.2. The predicted molar refractivity (Wildman–Crippen MR) is 396 cm³/mol. The number of benzene rings is 4. The number of hydrazine groups is 2. The highest BCUT2D eigenvalue weighted by Crippen LogP contribution is 2.33. The quantitative estimate of drug-likeness (QED) is 0.117. The first-order chi connectivity index (χ1) is 51.7. The number of hydrogen-bond acceptors (Lipinski definition) is 23. The number of piperidine rings is 4. The highest BCUT2D eigenvalue weighted by atomic mass is 16.2.